The highest BCUT2D eigenvalue weighted by Gasteiger charge is 2.28. The lowest BCUT2D eigenvalue weighted by atomic mass is 9.87. The van der Waals surface area contributed by atoms with Crippen molar-refractivity contribution < 1.29 is 0 Å². The molecular weight excluding hydrogens is 262 g/mol. The molecule has 1 aliphatic heterocycles. The van der Waals surface area contributed by atoms with Crippen molar-refractivity contribution in [2.24, 2.45) is 0 Å². The average molecular weight is 280 g/mol. The van der Waals surface area contributed by atoms with Crippen LogP contribution in [-0.4, -0.2) is 18.0 Å². The molecule has 86 valence electrons. The minimum absolute atomic E-state index is 0.682. The molecule has 16 heavy (non-hydrogen) atoms. The summed E-state index contributed by atoms with van der Waals surface area (Å²) in [7, 11) is 0. The molecule has 3 rings (SSSR count). The van der Waals surface area contributed by atoms with Crippen molar-refractivity contribution in [3.63, 3.8) is 0 Å². The summed E-state index contributed by atoms with van der Waals surface area (Å²) in [5.74, 6) is 0. The maximum absolute atomic E-state index is 3.74. The Morgan fingerprint density at radius 1 is 1.12 bits per heavy atom. The average Bonchev–Trinajstić information content (AvgIpc) is 2.82. The molecule has 1 aromatic carbocycles. The first-order valence-corrected chi connectivity index (χ1v) is 7.17. The second kappa shape index (κ2) is 4.50. The van der Waals surface area contributed by atoms with Gasteiger partial charge >= 0.3 is 0 Å². The van der Waals surface area contributed by atoms with Crippen LogP contribution in [0, 0.1) is 0 Å². The van der Waals surface area contributed by atoms with E-state index in [9.17, 15) is 0 Å². The van der Waals surface area contributed by atoms with E-state index in [2.05, 4.69) is 39.0 Å². The van der Waals surface area contributed by atoms with Gasteiger partial charge in [-0.2, -0.15) is 0 Å². The van der Waals surface area contributed by atoms with E-state index in [1.165, 1.54) is 49.7 Å². The van der Waals surface area contributed by atoms with Gasteiger partial charge in [-0.25, -0.2) is 0 Å². The van der Waals surface area contributed by atoms with Gasteiger partial charge in [0.25, 0.3) is 0 Å². The molecule has 0 spiro atoms. The van der Waals surface area contributed by atoms with E-state index in [0.29, 0.717) is 6.04 Å². The second-order valence-electron chi connectivity index (χ2n) is 4.96. The summed E-state index contributed by atoms with van der Waals surface area (Å²) in [5, 5.41) is 0. The molecule has 0 bridgehead atoms. The third-order valence-corrected chi connectivity index (χ3v) is 4.67. The lowest BCUT2D eigenvalue weighted by molar-refractivity contribution is 0.221. The number of likely N-dealkylation sites (tertiary alicyclic amines) is 1. The highest BCUT2D eigenvalue weighted by Crippen LogP contribution is 2.39. The first kappa shape index (κ1) is 10.8. The Labute approximate surface area is 106 Å². The first-order valence-electron chi connectivity index (χ1n) is 6.37. The van der Waals surface area contributed by atoms with Crippen molar-refractivity contribution in [1.29, 1.82) is 0 Å². The Hall–Kier alpha value is -0.340. The number of benzene rings is 1. The van der Waals surface area contributed by atoms with Gasteiger partial charge in [-0.1, -0.05) is 28.1 Å². The minimum Gasteiger partial charge on any atom is -0.296 e. The summed E-state index contributed by atoms with van der Waals surface area (Å²) < 4.78 is 1.32. The Bertz CT molecular complexity index is 382. The molecule has 1 aromatic rings. The fourth-order valence-electron chi connectivity index (χ4n) is 3.22. The summed E-state index contributed by atoms with van der Waals surface area (Å²) in [6.45, 7) is 2.59. The van der Waals surface area contributed by atoms with Gasteiger partial charge in [-0.05, 0) is 62.4 Å². The standard InChI is InChI=1S/C14H18BrN/c15-12-7-3-5-11-6-4-8-13(14(11)12)16-9-1-2-10-16/h3,5,7,13H,1-2,4,6,8-10H2. The first-order chi connectivity index (χ1) is 7.86. The second-order valence-corrected chi connectivity index (χ2v) is 5.82. The summed E-state index contributed by atoms with van der Waals surface area (Å²) in [4.78, 5) is 2.68. The molecule has 0 saturated carbocycles. The summed E-state index contributed by atoms with van der Waals surface area (Å²) in [6, 6.07) is 7.37. The highest BCUT2D eigenvalue weighted by molar-refractivity contribution is 9.10. The molecular formula is C14H18BrN. The molecule has 1 fully saturated rings. The predicted octanol–water partition coefficient (Wildman–Crippen LogP) is 3.92. The number of halogens is 1. The van der Waals surface area contributed by atoms with E-state index in [1.807, 2.05) is 0 Å². The van der Waals surface area contributed by atoms with Crippen LogP contribution >= 0.6 is 15.9 Å². The van der Waals surface area contributed by atoms with Gasteiger partial charge in [0.05, 0.1) is 0 Å². The fourth-order valence-corrected chi connectivity index (χ4v) is 3.89. The Balaban J connectivity index is 1.98. The lowest BCUT2D eigenvalue weighted by Crippen LogP contribution is -2.29. The maximum atomic E-state index is 3.74. The summed E-state index contributed by atoms with van der Waals surface area (Å²) in [6.07, 6.45) is 6.73. The summed E-state index contributed by atoms with van der Waals surface area (Å²) in [5.41, 5.74) is 3.15. The highest BCUT2D eigenvalue weighted by atomic mass is 79.9. The van der Waals surface area contributed by atoms with E-state index in [1.54, 1.807) is 11.1 Å². The Morgan fingerprint density at radius 2 is 1.94 bits per heavy atom. The largest absolute Gasteiger partial charge is 0.296 e. The predicted molar refractivity (Wildman–Crippen MR) is 70.6 cm³/mol. The number of aryl methyl sites for hydroxylation is 1. The van der Waals surface area contributed by atoms with Gasteiger partial charge in [0.2, 0.25) is 0 Å². The Kier molecular flexibility index (Phi) is 3.03. The van der Waals surface area contributed by atoms with Gasteiger partial charge in [0, 0.05) is 10.5 Å². The van der Waals surface area contributed by atoms with E-state index < -0.39 is 0 Å². The van der Waals surface area contributed by atoms with E-state index in [-0.39, 0.29) is 0 Å². The molecule has 0 radical (unpaired) electrons. The van der Waals surface area contributed by atoms with Crippen LogP contribution in [0.4, 0.5) is 0 Å². The maximum Gasteiger partial charge on any atom is 0.0362 e. The smallest absolute Gasteiger partial charge is 0.0362 e. The van der Waals surface area contributed by atoms with Crippen molar-refractivity contribution in [3.8, 4) is 0 Å². The molecule has 1 nitrogen and oxygen atoms in total. The van der Waals surface area contributed by atoms with E-state index in [4.69, 9.17) is 0 Å². The normalized spacial score (nSPS) is 25.7. The van der Waals surface area contributed by atoms with Gasteiger partial charge in [-0.15, -0.1) is 0 Å². The van der Waals surface area contributed by atoms with Crippen LogP contribution in [0.25, 0.3) is 0 Å². The van der Waals surface area contributed by atoms with Gasteiger partial charge in [0.1, 0.15) is 0 Å². The molecule has 0 aromatic heterocycles. The monoisotopic (exact) mass is 279 g/mol. The number of rotatable bonds is 1. The van der Waals surface area contributed by atoms with Gasteiger partial charge < -0.3 is 0 Å². The van der Waals surface area contributed by atoms with Crippen molar-refractivity contribution in [1.82, 2.24) is 4.90 Å². The number of hydrogen-bond acceptors (Lipinski definition) is 1. The van der Waals surface area contributed by atoms with Crippen LogP contribution in [0.1, 0.15) is 42.9 Å². The van der Waals surface area contributed by atoms with Crippen LogP contribution in [0.15, 0.2) is 22.7 Å². The zero-order valence-corrected chi connectivity index (χ0v) is 11.2. The van der Waals surface area contributed by atoms with Crippen molar-refractivity contribution in [2.75, 3.05) is 13.1 Å². The van der Waals surface area contributed by atoms with Gasteiger partial charge in [0.15, 0.2) is 0 Å². The molecule has 2 aliphatic rings. The number of fused-ring (bicyclic) bond motifs is 1. The molecule has 2 heteroatoms. The third kappa shape index (κ3) is 1.82. The SMILES string of the molecule is Brc1cccc2c1C(N1CCCC1)CCC2. The number of hydrogen-bond donors (Lipinski definition) is 0. The lowest BCUT2D eigenvalue weighted by Gasteiger charge is -2.33. The molecule has 1 saturated heterocycles. The van der Waals surface area contributed by atoms with Crippen LogP contribution in [0.5, 0.6) is 0 Å². The Morgan fingerprint density at radius 3 is 2.75 bits per heavy atom. The van der Waals surface area contributed by atoms with E-state index >= 15 is 0 Å². The topological polar surface area (TPSA) is 3.24 Å². The molecule has 1 aliphatic carbocycles. The van der Waals surface area contributed by atoms with Crippen LogP contribution in [0.3, 0.4) is 0 Å². The third-order valence-electron chi connectivity index (χ3n) is 3.98. The van der Waals surface area contributed by atoms with Crippen molar-refractivity contribution >= 4 is 15.9 Å². The van der Waals surface area contributed by atoms with E-state index in [0.717, 1.165) is 0 Å². The molecule has 0 N–H and O–H groups in total. The molecule has 1 unspecified atom stereocenters. The molecule has 1 atom stereocenters. The zero-order valence-electron chi connectivity index (χ0n) is 9.58. The molecule has 1 heterocycles. The van der Waals surface area contributed by atoms with Crippen molar-refractivity contribution in [2.45, 2.75) is 38.1 Å². The number of nitrogens with zero attached hydrogens (tertiary/aromatic N) is 1. The quantitative estimate of drug-likeness (QED) is 0.753. The van der Waals surface area contributed by atoms with Crippen LogP contribution in [0.2, 0.25) is 0 Å². The van der Waals surface area contributed by atoms with Crippen molar-refractivity contribution in [3.05, 3.63) is 33.8 Å². The fraction of sp³-hybridized carbons (Fsp3) is 0.571. The van der Waals surface area contributed by atoms with Crippen LogP contribution in [-0.2, 0) is 6.42 Å². The molecule has 0 amide bonds. The summed E-state index contributed by atoms with van der Waals surface area (Å²) >= 11 is 3.74. The minimum atomic E-state index is 0.682. The van der Waals surface area contributed by atoms with Gasteiger partial charge in [-0.3, -0.25) is 4.90 Å². The zero-order chi connectivity index (χ0) is 11.0. The van der Waals surface area contributed by atoms with Crippen LogP contribution < -0.4 is 0 Å².